The lowest BCUT2D eigenvalue weighted by atomic mass is 10.0. The van der Waals surface area contributed by atoms with Gasteiger partial charge in [0.25, 0.3) is 11.8 Å². The Balaban J connectivity index is 1.20. The lowest BCUT2D eigenvalue weighted by Crippen LogP contribution is -2.31. The number of benzene rings is 3. The number of halogens is 1. The van der Waals surface area contributed by atoms with Crippen LogP contribution in [0.2, 0.25) is 5.02 Å². The van der Waals surface area contributed by atoms with E-state index in [9.17, 15) is 26.4 Å². The van der Waals surface area contributed by atoms with Gasteiger partial charge in [-0.3, -0.25) is 18.9 Å². The van der Waals surface area contributed by atoms with Gasteiger partial charge in [0.2, 0.25) is 29.8 Å². The zero-order valence-electron chi connectivity index (χ0n) is 29.6. The van der Waals surface area contributed by atoms with E-state index in [2.05, 4.69) is 19.9 Å². The van der Waals surface area contributed by atoms with Gasteiger partial charge in [0.1, 0.15) is 0 Å². The highest BCUT2D eigenvalue weighted by atomic mass is 35.5. The first-order chi connectivity index (χ1) is 27.3. The number of imidazole rings is 1. The van der Waals surface area contributed by atoms with Crippen molar-refractivity contribution >= 4 is 77.0 Å². The number of furan rings is 1. The molecule has 8 rings (SSSR count). The average molecular weight is 838 g/mol. The van der Waals surface area contributed by atoms with Crippen molar-refractivity contribution in [2.45, 2.75) is 38.9 Å². The fourth-order valence-electron chi connectivity index (χ4n) is 6.16. The molecule has 5 heterocycles. The molecule has 8 aromatic rings. The van der Waals surface area contributed by atoms with E-state index in [1.165, 1.54) is 72.2 Å². The Morgan fingerprint density at radius 1 is 0.860 bits per heavy atom. The number of hydrogen-bond donors (Lipinski definition) is 1. The van der Waals surface area contributed by atoms with Crippen molar-refractivity contribution in [2.24, 2.45) is 5.73 Å². The molecule has 57 heavy (non-hydrogen) atoms. The number of rotatable bonds is 11. The summed E-state index contributed by atoms with van der Waals surface area (Å²) >= 11 is 7.24. The van der Waals surface area contributed by atoms with Gasteiger partial charge in [-0.05, 0) is 78.1 Å². The van der Waals surface area contributed by atoms with Crippen molar-refractivity contribution in [3.05, 3.63) is 154 Å². The minimum Gasteiger partial charge on any atom is -0.447 e. The second-order valence-electron chi connectivity index (χ2n) is 12.9. The van der Waals surface area contributed by atoms with Crippen molar-refractivity contribution in [1.82, 2.24) is 24.3 Å². The molecular formula is C39H28ClN7O7S3. The minimum atomic E-state index is -3.93. The second kappa shape index (κ2) is 14.7. The number of anilines is 1. The predicted molar refractivity (Wildman–Crippen MR) is 211 cm³/mol. The van der Waals surface area contributed by atoms with Crippen LogP contribution >= 0.6 is 22.9 Å². The number of carbonyl (C=O) groups excluding carboxylic acids is 2. The maximum absolute atomic E-state index is 14.5. The molecule has 0 radical (unpaired) electrons. The molecule has 0 atom stereocenters. The first kappa shape index (κ1) is 37.6. The number of amides is 2. The van der Waals surface area contributed by atoms with Crippen molar-refractivity contribution in [3.8, 4) is 0 Å². The fraction of sp³-hybridized carbons (Fsp3) is 0.0769. The number of aromatic nitrogens is 5. The van der Waals surface area contributed by atoms with Crippen LogP contribution in [0.4, 0.5) is 5.82 Å². The van der Waals surface area contributed by atoms with Crippen molar-refractivity contribution < 1.29 is 30.8 Å². The molecule has 2 N–H and O–H groups in total. The third-order valence-corrected chi connectivity index (χ3v) is 14.3. The van der Waals surface area contributed by atoms with E-state index in [-0.39, 0.29) is 54.7 Å². The van der Waals surface area contributed by atoms with Crippen LogP contribution in [0.25, 0.3) is 16.7 Å². The quantitative estimate of drug-likeness (QED) is 0.149. The number of hydrogen-bond acceptors (Lipinski definition) is 12. The number of sulfone groups is 2. The Labute approximate surface area is 334 Å². The Morgan fingerprint density at radius 2 is 1.63 bits per heavy atom. The molecule has 14 nitrogen and oxygen atoms in total. The molecule has 0 aliphatic carbocycles. The SMILES string of the molecule is Cc1ccc(S(=O)(=O)c2ccc(CN(C(=O)c3cnc4nccn4c3)c3ncc(Cc4cccc(S(=O)(=O)c5nccs5)c4)c4cc(C(N)=O)oc34)cc2)cc1Cl. The number of aryl methyl sites for hydroxylation is 1. The van der Waals surface area contributed by atoms with Gasteiger partial charge in [0.15, 0.2) is 17.2 Å². The van der Waals surface area contributed by atoms with Gasteiger partial charge in [-0.2, -0.15) is 0 Å². The summed E-state index contributed by atoms with van der Waals surface area (Å²) in [5.41, 5.74) is 8.32. The molecule has 0 saturated heterocycles. The van der Waals surface area contributed by atoms with Crippen LogP contribution in [0.5, 0.6) is 0 Å². The van der Waals surface area contributed by atoms with E-state index in [1.807, 2.05) is 0 Å². The number of nitrogens with two attached hydrogens (primary N) is 1. The second-order valence-corrected chi connectivity index (χ2v) is 18.3. The summed E-state index contributed by atoms with van der Waals surface area (Å²) in [6.07, 6.45) is 9.20. The molecule has 0 spiro atoms. The molecule has 0 bridgehead atoms. The first-order valence-electron chi connectivity index (χ1n) is 16.9. The number of carbonyl (C=O) groups is 2. The van der Waals surface area contributed by atoms with E-state index in [0.29, 0.717) is 32.9 Å². The smallest absolute Gasteiger partial charge is 0.284 e. The molecular weight excluding hydrogens is 810 g/mol. The summed E-state index contributed by atoms with van der Waals surface area (Å²) in [5.74, 6) is -1.21. The Kier molecular flexibility index (Phi) is 9.69. The topological polar surface area (TPSA) is 201 Å². The van der Waals surface area contributed by atoms with Crippen LogP contribution in [0.1, 0.15) is 43.2 Å². The molecule has 5 aromatic heterocycles. The molecule has 3 aromatic carbocycles. The number of pyridine rings is 1. The molecule has 286 valence electrons. The number of primary amides is 1. The third-order valence-electron chi connectivity index (χ3n) is 9.13. The van der Waals surface area contributed by atoms with Crippen LogP contribution in [0, 0.1) is 6.92 Å². The van der Waals surface area contributed by atoms with Gasteiger partial charge >= 0.3 is 0 Å². The molecule has 0 aliphatic heterocycles. The molecule has 18 heteroatoms. The van der Waals surface area contributed by atoms with Crippen molar-refractivity contribution in [2.75, 3.05) is 4.90 Å². The van der Waals surface area contributed by atoms with E-state index >= 15 is 0 Å². The summed E-state index contributed by atoms with van der Waals surface area (Å²) in [5, 5.41) is 2.31. The largest absolute Gasteiger partial charge is 0.447 e. The van der Waals surface area contributed by atoms with Gasteiger partial charge in [0, 0.05) is 53.0 Å². The minimum absolute atomic E-state index is 0.0179. The molecule has 0 unspecified atom stereocenters. The lowest BCUT2D eigenvalue weighted by Gasteiger charge is -2.23. The van der Waals surface area contributed by atoms with Crippen LogP contribution in [-0.2, 0) is 32.6 Å². The van der Waals surface area contributed by atoms with Crippen LogP contribution < -0.4 is 10.6 Å². The Morgan fingerprint density at radius 3 is 2.37 bits per heavy atom. The van der Waals surface area contributed by atoms with E-state index in [4.69, 9.17) is 21.8 Å². The molecule has 2 amide bonds. The maximum Gasteiger partial charge on any atom is 0.284 e. The Bertz CT molecular complexity index is 3090. The third kappa shape index (κ3) is 7.17. The summed E-state index contributed by atoms with van der Waals surface area (Å²) in [6, 6.07) is 18.4. The van der Waals surface area contributed by atoms with E-state index in [0.717, 1.165) is 16.9 Å². The number of fused-ring (bicyclic) bond motifs is 2. The highest BCUT2D eigenvalue weighted by Gasteiger charge is 2.28. The summed E-state index contributed by atoms with van der Waals surface area (Å²) in [4.78, 5) is 45.5. The number of thiazole rings is 1. The van der Waals surface area contributed by atoms with Crippen LogP contribution in [-0.4, -0.2) is 53.0 Å². The zero-order valence-corrected chi connectivity index (χ0v) is 32.8. The van der Waals surface area contributed by atoms with Crippen LogP contribution in [0.3, 0.4) is 0 Å². The normalized spacial score (nSPS) is 12.0. The zero-order chi connectivity index (χ0) is 40.1. The van der Waals surface area contributed by atoms with E-state index < -0.39 is 31.5 Å². The van der Waals surface area contributed by atoms with Gasteiger partial charge < -0.3 is 10.2 Å². The van der Waals surface area contributed by atoms with Crippen LogP contribution in [0.15, 0.2) is 139 Å². The van der Waals surface area contributed by atoms with Crippen molar-refractivity contribution in [3.63, 3.8) is 0 Å². The first-order valence-corrected chi connectivity index (χ1v) is 21.2. The molecule has 0 aliphatic rings. The molecule has 0 saturated carbocycles. The average Bonchev–Trinajstić information content (AvgIpc) is 4.01. The summed E-state index contributed by atoms with van der Waals surface area (Å²) < 4.78 is 61.0. The van der Waals surface area contributed by atoms with Crippen molar-refractivity contribution in [1.29, 1.82) is 0 Å². The monoisotopic (exact) mass is 837 g/mol. The van der Waals surface area contributed by atoms with E-state index in [1.54, 1.807) is 59.4 Å². The van der Waals surface area contributed by atoms with Gasteiger partial charge in [0.05, 0.1) is 26.8 Å². The summed E-state index contributed by atoms with van der Waals surface area (Å²) in [7, 11) is -7.79. The standard InChI is InChI=1S/C39H28ClN7O7S3/c1-23-5-8-30(17-32(23)40)56(50,51)28-9-6-24(7-10-28)21-47(37(49)27-20-45-38-42-11-13-46(38)22-27)36-34-31(18-33(54-34)35(41)48)26(19-44-36)15-25-3-2-4-29(16-25)57(52,53)39-43-12-14-55-39/h2-14,16-20,22H,15,21H2,1H3,(H2,41,48). The van der Waals surface area contributed by atoms with Gasteiger partial charge in [-0.25, -0.2) is 36.8 Å². The highest BCUT2D eigenvalue weighted by Crippen LogP contribution is 2.34. The Hall–Kier alpha value is -6.27. The maximum atomic E-state index is 14.5. The highest BCUT2D eigenvalue weighted by molar-refractivity contribution is 7.93. The van der Waals surface area contributed by atoms with Gasteiger partial charge in [-0.15, -0.1) is 11.3 Å². The molecule has 0 fully saturated rings. The summed E-state index contributed by atoms with van der Waals surface area (Å²) in [6.45, 7) is 1.65. The number of nitrogens with zero attached hydrogens (tertiary/aromatic N) is 6. The fourth-order valence-corrected chi connectivity index (χ4v) is 9.98. The van der Waals surface area contributed by atoms with Gasteiger partial charge in [-0.1, -0.05) is 41.9 Å². The lowest BCUT2D eigenvalue weighted by molar-refractivity contribution is 0.0973. The predicted octanol–water partition coefficient (Wildman–Crippen LogP) is 6.49.